The molecule has 1 fully saturated rings. The number of hydrogen-bond donors (Lipinski definition) is 1. The molecule has 0 aliphatic carbocycles. The summed E-state index contributed by atoms with van der Waals surface area (Å²) in [6.45, 7) is 4.63. The van der Waals surface area contributed by atoms with E-state index in [1.54, 1.807) is 6.92 Å². The van der Waals surface area contributed by atoms with E-state index < -0.39 is 11.5 Å². The summed E-state index contributed by atoms with van der Waals surface area (Å²) < 4.78 is 0. The van der Waals surface area contributed by atoms with Gasteiger partial charge < -0.3 is 10.0 Å². The van der Waals surface area contributed by atoms with Gasteiger partial charge in [0.05, 0.1) is 0 Å². The maximum atomic E-state index is 11.6. The number of nitrogens with zero attached hydrogens (tertiary/aromatic N) is 3. The molecule has 0 amide bonds. The first-order valence-corrected chi connectivity index (χ1v) is 6.90. The van der Waals surface area contributed by atoms with Gasteiger partial charge in [-0.25, -0.2) is 14.8 Å². The van der Waals surface area contributed by atoms with Crippen molar-refractivity contribution in [1.29, 1.82) is 0 Å². The van der Waals surface area contributed by atoms with Crippen molar-refractivity contribution < 1.29 is 9.90 Å². The Kier molecular flexibility index (Phi) is 4.02. The highest BCUT2D eigenvalue weighted by Gasteiger charge is 2.42. The van der Waals surface area contributed by atoms with Crippen molar-refractivity contribution in [2.24, 2.45) is 0 Å². The van der Waals surface area contributed by atoms with Crippen LogP contribution < -0.4 is 4.90 Å². The molecule has 1 aliphatic heterocycles. The molecule has 0 saturated carbocycles. The lowest BCUT2D eigenvalue weighted by molar-refractivity contribution is -0.143. The zero-order valence-electron chi connectivity index (χ0n) is 11.6. The van der Waals surface area contributed by atoms with E-state index in [1.807, 2.05) is 11.0 Å². The lowest BCUT2D eigenvalue weighted by Gasteiger charge is -2.42. The number of piperidine rings is 1. The van der Waals surface area contributed by atoms with Gasteiger partial charge in [-0.05, 0) is 32.6 Å². The molecule has 0 radical (unpaired) electrons. The van der Waals surface area contributed by atoms with Crippen LogP contribution in [0.2, 0.25) is 0 Å². The minimum Gasteiger partial charge on any atom is -0.480 e. The van der Waals surface area contributed by atoms with Crippen LogP contribution in [-0.4, -0.2) is 33.1 Å². The van der Waals surface area contributed by atoms with Gasteiger partial charge in [-0.2, -0.15) is 0 Å². The summed E-state index contributed by atoms with van der Waals surface area (Å²) in [5.74, 6) is -0.0362. The molecule has 5 nitrogen and oxygen atoms in total. The second-order valence-electron chi connectivity index (χ2n) is 5.31. The van der Waals surface area contributed by atoms with Gasteiger partial charge in [0.15, 0.2) is 0 Å². The summed E-state index contributed by atoms with van der Waals surface area (Å²) in [7, 11) is 0. The standard InChI is InChI=1S/C14H21N3O2/c1-3-6-11-9-12(16-10-15-11)17-8-5-4-7-14(17,2)13(18)19/h9-10H,3-8H2,1-2H3,(H,18,19). The molecule has 1 unspecified atom stereocenters. The van der Waals surface area contributed by atoms with Crippen molar-refractivity contribution in [3.63, 3.8) is 0 Å². The van der Waals surface area contributed by atoms with Crippen molar-refractivity contribution >= 4 is 11.8 Å². The van der Waals surface area contributed by atoms with Crippen LogP contribution in [0.25, 0.3) is 0 Å². The number of aryl methyl sites for hydroxylation is 1. The van der Waals surface area contributed by atoms with E-state index >= 15 is 0 Å². The number of rotatable bonds is 4. The second kappa shape index (κ2) is 5.55. The maximum absolute atomic E-state index is 11.6. The second-order valence-corrected chi connectivity index (χ2v) is 5.31. The topological polar surface area (TPSA) is 66.3 Å². The zero-order valence-corrected chi connectivity index (χ0v) is 11.6. The van der Waals surface area contributed by atoms with Gasteiger partial charge in [-0.15, -0.1) is 0 Å². The third kappa shape index (κ3) is 2.69. The first kappa shape index (κ1) is 13.8. The quantitative estimate of drug-likeness (QED) is 0.902. The number of hydrogen-bond acceptors (Lipinski definition) is 4. The van der Waals surface area contributed by atoms with E-state index in [1.165, 1.54) is 6.33 Å². The van der Waals surface area contributed by atoms with Crippen LogP contribution >= 0.6 is 0 Å². The number of carboxylic acid groups (broad SMARTS) is 1. The number of carboxylic acids is 1. The fourth-order valence-corrected chi connectivity index (χ4v) is 2.64. The van der Waals surface area contributed by atoms with Gasteiger partial charge in [0.1, 0.15) is 17.7 Å². The Balaban J connectivity index is 2.32. The van der Waals surface area contributed by atoms with Crippen molar-refractivity contribution in [1.82, 2.24) is 9.97 Å². The molecule has 1 atom stereocenters. The van der Waals surface area contributed by atoms with E-state index in [0.717, 1.165) is 43.7 Å². The van der Waals surface area contributed by atoms with E-state index in [-0.39, 0.29) is 0 Å². The van der Waals surface area contributed by atoms with E-state index in [4.69, 9.17) is 0 Å². The Morgan fingerprint density at radius 2 is 2.26 bits per heavy atom. The molecule has 2 heterocycles. The third-order valence-electron chi connectivity index (χ3n) is 3.84. The first-order chi connectivity index (χ1) is 9.08. The number of anilines is 1. The predicted molar refractivity (Wildman–Crippen MR) is 73.3 cm³/mol. The Hall–Kier alpha value is -1.65. The molecule has 0 aromatic carbocycles. The van der Waals surface area contributed by atoms with Gasteiger partial charge in [0.2, 0.25) is 0 Å². The van der Waals surface area contributed by atoms with Gasteiger partial charge in [0.25, 0.3) is 0 Å². The summed E-state index contributed by atoms with van der Waals surface area (Å²) >= 11 is 0. The first-order valence-electron chi connectivity index (χ1n) is 6.90. The molecule has 0 spiro atoms. The average Bonchev–Trinajstić information content (AvgIpc) is 2.40. The number of carbonyl (C=O) groups is 1. The molecule has 1 aromatic rings. The van der Waals surface area contributed by atoms with Crippen LogP contribution in [0.4, 0.5) is 5.82 Å². The van der Waals surface area contributed by atoms with E-state index in [2.05, 4.69) is 16.9 Å². The van der Waals surface area contributed by atoms with Crippen LogP contribution in [0.5, 0.6) is 0 Å². The summed E-state index contributed by atoms with van der Waals surface area (Å²) in [5.41, 5.74) is 0.127. The SMILES string of the molecule is CCCc1cc(N2CCCCC2(C)C(=O)O)ncn1. The Bertz CT molecular complexity index is 464. The molecular weight excluding hydrogens is 242 g/mol. The van der Waals surface area contributed by atoms with Crippen LogP contribution in [0.15, 0.2) is 12.4 Å². The molecule has 1 aliphatic rings. The Morgan fingerprint density at radius 3 is 2.95 bits per heavy atom. The van der Waals surface area contributed by atoms with Gasteiger partial charge in [-0.1, -0.05) is 13.3 Å². The molecule has 1 aromatic heterocycles. The zero-order chi connectivity index (χ0) is 13.9. The molecule has 2 rings (SSSR count). The summed E-state index contributed by atoms with van der Waals surface area (Å²) in [4.78, 5) is 22.0. The van der Waals surface area contributed by atoms with Crippen molar-refractivity contribution in [2.75, 3.05) is 11.4 Å². The van der Waals surface area contributed by atoms with E-state index in [9.17, 15) is 9.90 Å². The molecule has 19 heavy (non-hydrogen) atoms. The predicted octanol–water partition coefficient (Wildman–Crippen LogP) is 2.26. The lowest BCUT2D eigenvalue weighted by atomic mass is 9.88. The highest BCUT2D eigenvalue weighted by molar-refractivity contribution is 5.83. The largest absolute Gasteiger partial charge is 0.480 e. The summed E-state index contributed by atoms with van der Waals surface area (Å²) in [6, 6.07) is 1.93. The third-order valence-corrected chi connectivity index (χ3v) is 3.84. The summed E-state index contributed by atoms with van der Waals surface area (Å²) in [6.07, 6.45) is 6.08. The Labute approximate surface area is 113 Å². The highest BCUT2D eigenvalue weighted by Crippen LogP contribution is 2.32. The van der Waals surface area contributed by atoms with Crippen LogP contribution in [0, 0.1) is 0 Å². The van der Waals surface area contributed by atoms with Crippen molar-refractivity contribution in [3.05, 3.63) is 18.1 Å². The van der Waals surface area contributed by atoms with Gasteiger partial charge >= 0.3 is 5.97 Å². The molecule has 0 bridgehead atoms. The average molecular weight is 263 g/mol. The molecule has 104 valence electrons. The van der Waals surface area contributed by atoms with Crippen LogP contribution in [-0.2, 0) is 11.2 Å². The monoisotopic (exact) mass is 263 g/mol. The van der Waals surface area contributed by atoms with Crippen molar-refractivity contribution in [2.45, 2.75) is 51.5 Å². The van der Waals surface area contributed by atoms with Crippen molar-refractivity contribution in [3.8, 4) is 0 Å². The number of aromatic nitrogens is 2. The highest BCUT2D eigenvalue weighted by atomic mass is 16.4. The normalized spacial score (nSPS) is 23.4. The van der Waals surface area contributed by atoms with Crippen LogP contribution in [0.3, 0.4) is 0 Å². The molecular formula is C14H21N3O2. The maximum Gasteiger partial charge on any atom is 0.329 e. The van der Waals surface area contributed by atoms with Crippen LogP contribution in [0.1, 0.15) is 45.2 Å². The van der Waals surface area contributed by atoms with Gasteiger partial charge in [-0.3, -0.25) is 0 Å². The number of aliphatic carboxylic acids is 1. The minimum atomic E-state index is -0.851. The van der Waals surface area contributed by atoms with E-state index in [0.29, 0.717) is 6.42 Å². The molecule has 5 heteroatoms. The lowest BCUT2D eigenvalue weighted by Crippen LogP contribution is -2.55. The summed E-state index contributed by atoms with van der Waals surface area (Å²) in [5, 5.41) is 9.52. The molecule has 1 saturated heterocycles. The molecule has 1 N–H and O–H groups in total. The fraction of sp³-hybridized carbons (Fsp3) is 0.643. The van der Waals surface area contributed by atoms with Gasteiger partial charge in [0, 0.05) is 18.3 Å². The Morgan fingerprint density at radius 1 is 1.47 bits per heavy atom. The smallest absolute Gasteiger partial charge is 0.329 e. The minimum absolute atomic E-state index is 0.662. The fourth-order valence-electron chi connectivity index (χ4n) is 2.64.